The van der Waals surface area contributed by atoms with Crippen LogP contribution in [-0.4, -0.2) is 41.6 Å². The van der Waals surface area contributed by atoms with Crippen molar-refractivity contribution in [1.29, 1.82) is 0 Å². The van der Waals surface area contributed by atoms with E-state index < -0.39 is 34.4 Å². The van der Waals surface area contributed by atoms with Gasteiger partial charge in [-0.2, -0.15) is 13.2 Å². The number of thioether (sulfide) groups is 1. The molecule has 0 aromatic heterocycles. The molecule has 0 bridgehead atoms. The number of esters is 1. The first-order valence-corrected chi connectivity index (χ1v) is 10.2. The first kappa shape index (κ1) is 24.6. The van der Waals surface area contributed by atoms with E-state index in [1.165, 1.54) is 0 Å². The lowest BCUT2D eigenvalue weighted by molar-refractivity contribution is -0.153. The molecule has 1 saturated heterocycles. The van der Waals surface area contributed by atoms with E-state index in [4.69, 9.17) is 14.0 Å². The Morgan fingerprint density at radius 1 is 1.04 bits per heavy atom. The number of carbonyl (C=O) groups excluding carboxylic acids is 1. The lowest BCUT2D eigenvalue weighted by Gasteiger charge is -2.32. The third kappa shape index (κ3) is 7.85. The van der Waals surface area contributed by atoms with Crippen molar-refractivity contribution in [3.8, 4) is 0 Å². The van der Waals surface area contributed by atoms with Crippen LogP contribution in [0.3, 0.4) is 0 Å². The maximum atomic E-state index is 13.0. The minimum atomic E-state index is -4.35. The Kier molecular flexibility index (Phi) is 8.16. The maximum Gasteiger partial charge on any atom is 0.472 e. The summed E-state index contributed by atoms with van der Waals surface area (Å²) in [6, 6.07) is 0. The number of hydrogen-bond donors (Lipinski definition) is 0. The van der Waals surface area contributed by atoms with Crippen molar-refractivity contribution in [3.63, 3.8) is 0 Å². The fourth-order valence-corrected chi connectivity index (χ4v) is 3.32. The summed E-state index contributed by atoms with van der Waals surface area (Å²) in [4.78, 5) is 11.7. The first-order valence-electron chi connectivity index (χ1n) is 9.32. The van der Waals surface area contributed by atoms with Gasteiger partial charge in [-0.3, -0.25) is 4.79 Å². The van der Waals surface area contributed by atoms with Gasteiger partial charge in [0.2, 0.25) is 0 Å². The Morgan fingerprint density at radius 2 is 1.56 bits per heavy atom. The molecule has 27 heavy (non-hydrogen) atoms. The van der Waals surface area contributed by atoms with Crippen molar-refractivity contribution in [2.45, 2.75) is 96.0 Å². The molecule has 0 amide bonds. The van der Waals surface area contributed by atoms with Crippen molar-refractivity contribution >= 4 is 24.8 Å². The largest absolute Gasteiger partial charge is 0.472 e. The fraction of sp³-hybridized carbons (Fsp3) is 0.944. The Bertz CT molecular complexity index is 488. The van der Waals surface area contributed by atoms with E-state index in [-0.39, 0.29) is 24.3 Å². The van der Waals surface area contributed by atoms with Crippen LogP contribution in [-0.2, 0) is 18.8 Å². The lowest BCUT2D eigenvalue weighted by atomic mass is 9.81. The molecule has 1 unspecified atom stereocenters. The second kappa shape index (κ2) is 8.95. The van der Waals surface area contributed by atoms with Gasteiger partial charge in [-0.15, -0.1) is 0 Å². The molecule has 0 aromatic carbocycles. The molecular formula is C18H32BF3O4S. The van der Waals surface area contributed by atoms with Gasteiger partial charge in [0.05, 0.1) is 23.2 Å². The summed E-state index contributed by atoms with van der Waals surface area (Å²) in [6.07, 6.45) is 2.18. The Balaban J connectivity index is 2.49. The summed E-state index contributed by atoms with van der Waals surface area (Å²) in [5.74, 6) is -0.273. The molecule has 1 heterocycles. The molecule has 0 spiro atoms. The van der Waals surface area contributed by atoms with Crippen LogP contribution in [0.25, 0.3) is 0 Å². The number of rotatable bonds is 8. The number of ether oxygens (including phenoxy) is 1. The van der Waals surface area contributed by atoms with Gasteiger partial charge in [0.1, 0.15) is 0 Å². The summed E-state index contributed by atoms with van der Waals surface area (Å²) in [5, 5.41) is -0.830. The van der Waals surface area contributed by atoms with Crippen molar-refractivity contribution < 1.29 is 32.0 Å². The van der Waals surface area contributed by atoms with E-state index in [1.807, 2.05) is 27.7 Å². The van der Waals surface area contributed by atoms with Crippen molar-refractivity contribution in [2.24, 2.45) is 5.41 Å². The van der Waals surface area contributed by atoms with Crippen LogP contribution in [0.2, 0.25) is 0 Å². The second-order valence-electron chi connectivity index (χ2n) is 8.96. The minimum absolute atomic E-state index is 0.0627. The molecule has 4 nitrogen and oxygen atoms in total. The molecule has 1 aliphatic heterocycles. The molecule has 1 fully saturated rings. The van der Waals surface area contributed by atoms with Gasteiger partial charge in [-0.25, -0.2) is 0 Å². The minimum Gasteiger partial charge on any atom is -0.465 e. The number of alkyl halides is 3. The number of carbonyl (C=O) groups is 1. The quantitative estimate of drug-likeness (QED) is 0.304. The summed E-state index contributed by atoms with van der Waals surface area (Å²) < 4.78 is 55.7. The molecule has 9 heteroatoms. The smallest absolute Gasteiger partial charge is 0.465 e. The highest BCUT2D eigenvalue weighted by Gasteiger charge is 2.55. The molecule has 0 aliphatic carbocycles. The van der Waals surface area contributed by atoms with Gasteiger partial charge in [-0.05, 0) is 61.3 Å². The molecule has 158 valence electrons. The Morgan fingerprint density at radius 3 is 2.00 bits per heavy atom. The Hall–Kier alpha value is -0.405. The molecular weight excluding hydrogens is 380 g/mol. The van der Waals surface area contributed by atoms with E-state index in [0.717, 1.165) is 0 Å². The van der Waals surface area contributed by atoms with Crippen LogP contribution < -0.4 is 0 Å². The number of hydrogen-bond acceptors (Lipinski definition) is 5. The van der Waals surface area contributed by atoms with Crippen LogP contribution in [0.4, 0.5) is 13.2 Å². The van der Waals surface area contributed by atoms with Crippen LogP contribution >= 0.6 is 11.8 Å². The standard InChI is InChI=1S/C18H32BF3O4S/c1-15(2,3)14(23)24-12-10-8-9-11-13(27-18(20,21)22)19-25-16(4,5)17(6,7)26-19/h13H,8-12H2,1-7H3. The average molecular weight is 412 g/mol. The van der Waals surface area contributed by atoms with E-state index >= 15 is 0 Å². The normalized spacial score (nSPS) is 20.6. The Labute approximate surface area is 165 Å². The molecule has 1 atom stereocenters. The molecule has 0 radical (unpaired) electrons. The second-order valence-corrected chi connectivity index (χ2v) is 10.3. The van der Waals surface area contributed by atoms with E-state index in [0.29, 0.717) is 25.7 Å². The van der Waals surface area contributed by atoms with Gasteiger partial charge >= 0.3 is 18.6 Å². The van der Waals surface area contributed by atoms with Crippen LogP contribution in [0.1, 0.15) is 74.1 Å². The van der Waals surface area contributed by atoms with Crippen molar-refractivity contribution in [2.75, 3.05) is 6.61 Å². The summed E-state index contributed by atoms with van der Waals surface area (Å²) in [7, 11) is -0.902. The number of halogens is 3. The first-order chi connectivity index (χ1) is 12.1. The molecule has 1 rings (SSSR count). The molecule has 0 N–H and O–H groups in total. The maximum absolute atomic E-state index is 13.0. The number of unbranched alkanes of at least 4 members (excludes halogenated alkanes) is 2. The predicted molar refractivity (Wildman–Crippen MR) is 102 cm³/mol. The van der Waals surface area contributed by atoms with Crippen LogP contribution in [0.5, 0.6) is 0 Å². The van der Waals surface area contributed by atoms with Crippen LogP contribution in [0, 0.1) is 5.41 Å². The topological polar surface area (TPSA) is 44.8 Å². The third-order valence-corrected chi connectivity index (χ3v) is 5.87. The zero-order valence-corrected chi connectivity index (χ0v) is 18.2. The monoisotopic (exact) mass is 412 g/mol. The molecule has 0 saturated carbocycles. The van der Waals surface area contributed by atoms with Gasteiger partial charge in [0, 0.05) is 5.15 Å². The van der Waals surface area contributed by atoms with Crippen molar-refractivity contribution in [1.82, 2.24) is 0 Å². The van der Waals surface area contributed by atoms with Crippen molar-refractivity contribution in [3.05, 3.63) is 0 Å². The average Bonchev–Trinajstić information content (AvgIpc) is 2.67. The molecule has 1 aliphatic rings. The predicted octanol–water partition coefficient (Wildman–Crippen LogP) is 5.39. The van der Waals surface area contributed by atoms with Gasteiger partial charge in [-0.1, -0.05) is 24.6 Å². The lowest BCUT2D eigenvalue weighted by Crippen LogP contribution is -2.41. The fourth-order valence-electron chi connectivity index (χ4n) is 2.47. The summed E-state index contributed by atoms with van der Waals surface area (Å²) in [5.41, 5.74) is -6.23. The highest BCUT2D eigenvalue weighted by molar-refractivity contribution is 8.02. The van der Waals surface area contributed by atoms with E-state index in [2.05, 4.69) is 0 Å². The molecule has 0 aromatic rings. The summed E-state index contributed by atoms with van der Waals surface area (Å²) in [6.45, 7) is 12.9. The van der Waals surface area contributed by atoms with Crippen LogP contribution in [0.15, 0.2) is 0 Å². The highest BCUT2D eigenvalue weighted by Crippen LogP contribution is 2.44. The zero-order valence-electron chi connectivity index (χ0n) is 17.4. The van der Waals surface area contributed by atoms with E-state index in [1.54, 1.807) is 20.8 Å². The SMILES string of the molecule is CC(C)(C)C(=O)OCCCCCC(SC(F)(F)F)B1OC(C)(C)C(C)(C)O1. The van der Waals surface area contributed by atoms with E-state index in [9.17, 15) is 18.0 Å². The van der Waals surface area contributed by atoms with Gasteiger partial charge in [0.15, 0.2) is 0 Å². The van der Waals surface area contributed by atoms with Gasteiger partial charge in [0.25, 0.3) is 0 Å². The zero-order chi connectivity index (χ0) is 21.1. The summed E-state index contributed by atoms with van der Waals surface area (Å²) >= 11 is -0.0627. The van der Waals surface area contributed by atoms with Gasteiger partial charge < -0.3 is 14.0 Å². The highest BCUT2D eigenvalue weighted by atomic mass is 32.2. The third-order valence-electron chi connectivity index (χ3n) is 4.84.